The van der Waals surface area contributed by atoms with Gasteiger partial charge in [-0.1, -0.05) is 17.7 Å². The zero-order chi connectivity index (χ0) is 14.9. The van der Waals surface area contributed by atoms with Crippen molar-refractivity contribution in [3.8, 4) is 5.75 Å². The maximum absolute atomic E-state index is 11.9. The van der Waals surface area contributed by atoms with Gasteiger partial charge in [0.2, 0.25) is 5.91 Å². The van der Waals surface area contributed by atoms with E-state index in [1.54, 1.807) is 25.2 Å². The van der Waals surface area contributed by atoms with Gasteiger partial charge in [-0.25, -0.2) is 0 Å². The number of methoxy groups -OCH3 is 1. The molecule has 0 bridgehead atoms. The number of halogens is 1. The van der Waals surface area contributed by atoms with Crippen LogP contribution < -0.4 is 4.74 Å². The van der Waals surface area contributed by atoms with Crippen LogP contribution in [0.2, 0.25) is 5.02 Å². The summed E-state index contributed by atoms with van der Waals surface area (Å²) in [5.41, 5.74) is 0.555. The Morgan fingerprint density at radius 1 is 1.50 bits per heavy atom. The summed E-state index contributed by atoms with van der Waals surface area (Å²) in [7, 11) is 3.10. The number of rotatable bonds is 3. The van der Waals surface area contributed by atoms with E-state index in [1.165, 1.54) is 12.0 Å². The van der Waals surface area contributed by atoms with Crippen molar-refractivity contribution in [3.63, 3.8) is 0 Å². The largest absolute Gasteiger partial charge is 0.496 e. The lowest BCUT2D eigenvalue weighted by molar-refractivity contribution is -0.150. The van der Waals surface area contributed by atoms with Crippen LogP contribution in [0, 0.1) is 5.92 Å². The highest BCUT2D eigenvalue weighted by Crippen LogP contribution is 2.43. The van der Waals surface area contributed by atoms with Gasteiger partial charge < -0.3 is 14.7 Å². The summed E-state index contributed by atoms with van der Waals surface area (Å²) in [5.74, 6) is -1.22. The molecule has 1 aliphatic heterocycles. The quantitative estimate of drug-likeness (QED) is 0.930. The molecule has 1 N–H and O–H groups in total. The van der Waals surface area contributed by atoms with Crippen molar-refractivity contribution in [1.29, 1.82) is 0 Å². The third-order valence-electron chi connectivity index (χ3n) is 3.71. The van der Waals surface area contributed by atoms with Gasteiger partial charge in [0.15, 0.2) is 0 Å². The van der Waals surface area contributed by atoms with Crippen molar-refractivity contribution in [2.75, 3.05) is 14.2 Å². The van der Waals surface area contributed by atoms with Gasteiger partial charge in [0.05, 0.1) is 19.1 Å². The molecule has 1 amide bonds. The normalized spacial score (nSPS) is 22.8. The molecule has 108 valence electrons. The number of carbonyl (C=O) groups is 2. The fraction of sp³-hybridized carbons (Fsp3) is 0.429. The van der Waals surface area contributed by atoms with Crippen LogP contribution in [-0.4, -0.2) is 36.0 Å². The molecular formula is C14H16ClNO4. The van der Waals surface area contributed by atoms with E-state index in [-0.39, 0.29) is 12.3 Å². The maximum Gasteiger partial charge on any atom is 0.308 e. The molecule has 2 rings (SSSR count). The Morgan fingerprint density at radius 2 is 2.20 bits per heavy atom. The Labute approximate surface area is 122 Å². The van der Waals surface area contributed by atoms with Gasteiger partial charge in [-0.15, -0.1) is 0 Å². The fourth-order valence-corrected chi connectivity index (χ4v) is 2.95. The Bertz CT molecular complexity index is 546. The first-order valence-electron chi connectivity index (χ1n) is 6.28. The van der Waals surface area contributed by atoms with Crippen LogP contribution in [0.5, 0.6) is 5.75 Å². The number of carbonyl (C=O) groups excluding carboxylic acids is 1. The zero-order valence-electron chi connectivity index (χ0n) is 11.3. The van der Waals surface area contributed by atoms with Gasteiger partial charge in [-0.05, 0) is 18.6 Å². The Kier molecular flexibility index (Phi) is 4.18. The van der Waals surface area contributed by atoms with Gasteiger partial charge in [-0.2, -0.15) is 0 Å². The lowest BCUT2D eigenvalue weighted by Gasteiger charge is -2.38. The minimum Gasteiger partial charge on any atom is -0.496 e. The number of aliphatic carboxylic acids is 1. The SMILES string of the molecule is COc1cccc(Cl)c1C1C(C(=O)O)CCC(=O)N1C. The second-order valence-corrected chi connectivity index (χ2v) is 5.20. The van der Waals surface area contributed by atoms with Crippen LogP contribution >= 0.6 is 11.6 Å². The lowest BCUT2D eigenvalue weighted by Crippen LogP contribution is -2.43. The topological polar surface area (TPSA) is 66.8 Å². The van der Waals surface area contributed by atoms with Crippen LogP contribution in [0.1, 0.15) is 24.4 Å². The average molecular weight is 298 g/mol. The van der Waals surface area contributed by atoms with E-state index in [0.717, 1.165) is 0 Å². The Balaban J connectivity index is 2.55. The van der Waals surface area contributed by atoms with E-state index in [1.807, 2.05) is 0 Å². The highest BCUT2D eigenvalue weighted by molar-refractivity contribution is 6.31. The molecule has 1 heterocycles. The van der Waals surface area contributed by atoms with E-state index in [0.29, 0.717) is 22.8 Å². The van der Waals surface area contributed by atoms with Gasteiger partial charge in [0.25, 0.3) is 0 Å². The number of ether oxygens (including phenoxy) is 1. The van der Waals surface area contributed by atoms with Crippen molar-refractivity contribution in [3.05, 3.63) is 28.8 Å². The third-order valence-corrected chi connectivity index (χ3v) is 4.04. The number of hydrogen-bond acceptors (Lipinski definition) is 3. The van der Waals surface area contributed by atoms with E-state index in [2.05, 4.69) is 0 Å². The summed E-state index contributed by atoms with van der Waals surface area (Å²) in [4.78, 5) is 24.8. The predicted octanol–water partition coefficient (Wildman–Crippen LogP) is 2.34. The molecule has 2 unspecified atom stereocenters. The zero-order valence-corrected chi connectivity index (χ0v) is 12.1. The molecule has 20 heavy (non-hydrogen) atoms. The lowest BCUT2D eigenvalue weighted by atomic mass is 9.84. The van der Waals surface area contributed by atoms with Crippen LogP contribution in [-0.2, 0) is 9.59 Å². The summed E-state index contributed by atoms with van der Waals surface area (Å²) in [6.45, 7) is 0. The van der Waals surface area contributed by atoms with Gasteiger partial charge in [0.1, 0.15) is 5.75 Å². The molecule has 1 aromatic carbocycles. The number of carboxylic acid groups (broad SMARTS) is 1. The first-order valence-corrected chi connectivity index (χ1v) is 6.66. The number of likely N-dealkylation sites (tertiary alicyclic amines) is 1. The van der Waals surface area contributed by atoms with Crippen molar-refractivity contribution in [2.45, 2.75) is 18.9 Å². The molecule has 1 fully saturated rings. The van der Waals surface area contributed by atoms with Gasteiger partial charge >= 0.3 is 5.97 Å². The second kappa shape index (κ2) is 5.71. The molecule has 1 aliphatic rings. The molecule has 1 aromatic rings. The minimum absolute atomic E-state index is 0.0885. The summed E-state index contributed by atoms with van der Waals surface area (Å²) in [6.07, 6.45) is 0.536. The van der Waals surface area contributed by atoms with Crippen molar-refractivity contribution < 1.29 is 19.4 Å². The molecule has 0 aromatic heterocycles. The molecular weight excluding hydrogens is 282 g/mol. The highest BCUT2D eigenvalue weighted by atomic mass is 35.5. The monoisotopic (exact) mass is 297 g/mol. The molecule has 0 radical (unpaired) electrons. The number of carboxylic acids is 1. The molecule has 5 nitrogen and oxygen atoms in total. The molecule has 0 saturated carbocycles. The van der Waals surface area contributed by atoms with Crippen molar-refractivity contribution in [1.82, 2.24) is 4.90 Å². The average Bonchev–Trinajstić information content (AvgIpc) is 2.41. The molecule has 0 aliphatic carbocycles. The van der Waals surface area contributed by atoms with E-state index < -0.39 is 17.9 Å². The summed E-state index contributed by atoms with van der Waals surface area (Å²) < 4.78 is 5.28. The molecule has 2 atom stereocenters. The Hall–Kier alpha value is -1.75. The fourth-order valence-electron chi connectivity index (χ4n) is 2.67. The van der Waals surface area contributed by atoms with Crippen LogP contribution in [0.3, 0.4) is 0 Å². The van der Waals surface area contributed by atoms with Crippen LogP contribution in [0.4, 0.5) is 0 Å². The summed E-state index contributed by atoms with van der Waals surface area (Å²) in [6, 6.07) is 4.50. The second-order valence-electron chi connectivity index (χ2n) is 4.79. The number of benzene rings is 1. The standard InChI is InChI=1S/C14H16ClNO4/c1-16-11(17)7-6-8(14(18)19)13(16)12-9(15)4-3-5-10(12)20-2/h3-5,8,13H,6-7H2,1-2H3,(H,18,19). The van der Waals surface area contributed by atoms with E-state index in [4.69, 9.17) is 16.3 Å². The molecule has 1 saturated heterocycles. The van der Waals surface area contributed by atoms with E-state index >= 15 is 0 Å². The molecule has 0 spiro atoms. The van der Waals surface area contributed by atoms with E-state index in [9.17, 15) is 14.7 Å². The van der Waals surface area contributed by atoms with Gasteiger partial charge in [-0.3, -0.25) is 9.59 Å². The highest BCUT2D eigenvalue weighted by Gasteiger charge is 2.41. The summed E-state index contributed by atoms with van der Waals surface area (Å²) in [5, 5.41) is 9.81. The first kappa shape index (κ1) is 14.7. The van der Waals surface area contributed by atoms with Crippen LogP contribution in [0.25, 0.3) is 0 Å². The van der Waals surface area contributed by atoms with Gasteiger partial charge in [0, 0.05) is 24.1 Å². The third kappa shape index (κ3) is 2.45. The first-order chi connectivity index (χ1) is 9.47. The van der Waals surface area contributed by atoms with Crippen molar-refractivity contribution in [2.24, 2.45) is 5.92 Å². The number of nitrogens with zero attached hydrogens (tertiary/aromatic N) is 1. The van der Waals surface area contributed by atoms with Crippen LogP contribution in [0.15, 0.2) is 18.2 Å². The smallest absolute Gasteiger partial charge is 0.308 e. The predicted molar refractivity (Wildman–Crippen MR) is 73.9 cm³/mol. The number of piperidine rings is 1. The number of hydrogen-bond donors (Lipinski definition) is 1. The maximum atomic E-state index is 11.9. The minimum atomic E-state index is -0.934. The number of amides is 1. The molecule has 6 heteroatoms. The van der Waals surface area contributed by atoms with Crippen molar-refractivity contribution >= 4 is 23.5 Å². The summed E-state index contributed by atoms with van der Waals surface area (Å²) >= 11 is 6.21. The Morgan fingerprint density at radius 3 is 2.80 bits per heavy atom.